The zero-order valence-electron chi connectivity index (χ0n) is 33.5. The van der Waals surface area contributed by atoms with Crippen LogP contribution >= 0.6 is 11.3 Å². The van der Waals surface area contributed by atoms with Crippen LogP contribution in [0.5, 0.6) is 0 Å². The second kappa shape index (κ2) is 13.6. The van der Waals surface area contributed by atoms with Crippen molar-refractivity contribution < 1.29 is 0 Å². The average Bonchev–Trinajstić information content (AvgIpc) is 3.98. The average molecular weight is 806 g/mol. The molecule has 13 rings (SSSR count). The maximum Gasteiger partial charge on any atom is 0.164 e. The smallest absolute Gasteiger partial charge is 0.164 e. The Balaban J connectivity index is 1.02. The summed E-state index contributed by atoms with van der Waals surface area (Å²) in [5, 5.41) is 2.57. The quantitative estimate of drug-likeness (QED) is 0.174. The Morgan fingerprint density at radius 3 is 1.50 bits per heavy atom. The summed E-state index contributed by atoms with van der Waals surface area (Å²) in [6.45, 7) is 0. The molecule has 2 aromatic heterocycles. The Kier molecular flexibility index (Phi) is 7.69. The highest BCUT2D eigenvalue weighted by molar-refractivity contribution is 7.26. The van der Waals surface area contributed by atoms with Crippen molar-refractivity contribution in [2.45, 2.75) is 5.41 Å². The molecule has 4 heteroatoms. The van der Waals surface area contributed by atoms with Crippen LogP contribution < -0.4 is 0 Å². The van der Waals surface area contributed by atoms with Gasteiger partial charge in [0.15, 0.2) is 17.5 Å². The van der Waals surface area contributed by atoms with Crippen LogP contribution in [0.4, 0.5) is 0 Å². The first-order valence-electron chi connectivity index (χ1n) is 21.1. The second-order valence-corrected chi connectivity index (χ2v) is 17.3. The number of thiophene rings is 1. The molecule has 62 heavy (non-hydrogen) atoms. The van der Waals surface area contributed by atoms with Gasteiger partial charge in [-0.1, -0.05) is 194 Å². The minimum absolute atomic E-state index is 0.417. The van der Waals surface area contributed by atoms with E-state index in [1.54, 1.807) is 0 Å². The molecule has 288 valence electrons. The number of hydrogen-bond acceptors (Lipinski definition) is 4. The van der Waals surface area contributed by atoms with Crippen molar-refractivity contribution in [2.24, 2.45) is 0 Å². The Morgan fingerprint density at radius 2 is 0.774 bits per heavy atom. The molecule has 2 aliphatic carbocycles. The lowest BCUT2D eigenvalue weighted by molar-refractivity contribution is 0.794. The minimum atomic E-state index is -0.417. The Morgan fingerprint density at radius 1 is 0.290 bits per heavy atom. The zero-order valence-corrected chi connectivity index (χ0v) is 34.3. The second-order valence-electron chi connectivity index (χ2n) is 16.2. The highest BCUT2D eigenvalue weighted by atomic mass is 32.1. The van der Waals surface area contributed by atoms with E-state index in [0.717, 1.165) is 33.4 Å². The van der Waals surface area contributed by atoms with Gasteiger partial charge in [-0.15, -0.1) is 11.3 Å². The fourth-order valence-electron chi connectivity index (χ4n) is 10.3. The van der Waals surface area contributed by atoms with Gasteiger partial charge in [0.2, 0.25) is 0 Å². The molecular formula is C58H35N3S. The molecule has 9 aromatic carbocycles. The van der Waals surface area contributed by atoms with Crippen molar-refractivity contribution in [3.8, 4) is 78.7 Å². The third-order valence-corrected chi connectivity index (χ3v) is 14.2. The zero-order chi connectivity index (χ0) is 40.8. The van der Waals surface area contributed by atoms with Crippen molar-refractivity contribution in [3.05, 3.63) is 235 Å². The molecule has 0 saturated heterocycles. The van der Waals surface area contributed by atoms with Gasteiger partial charge in [-0.2, -0.15) is 0 Å². The van der Waals surface area contributed by atoms with E-state index >= 15 is 0 Å². The van der Waals surface area contributed by atoms with E-state index in [2.05, 4.69) is 212 Å². The summed E-state index contributed by atoms with van der Waals surface area (Å²) in [6, 6.07) is 76.6. The first kappa shape index (κ1) is 35.0. The summed E-state index contributed by atoms with van der Waals surface area (Å²) >= 11 is 1.85. The van der Waals surface area contributed by atoms with Gasteiger partial charge in [0, 0.05) is 36.9 Å². The van der Waals surface area contributed by atoms with E-state index in [1.165, 1.54) is 70.2 Å². The summed E-state index contributed by atoms with van der Waals surface area (Å²) in [6.07, 6.45) is 0. The first-order valence-corrected chi connectivity index (χ1v) is 21.9. The lowest BCUT2D eigenvalue weighted by Crippen LogP contribution is -2.25. The number of benzene rings is 9. The molecule has 0 saturated carbocycles. The number of aromatic nitrogens is 3. The van der Waals surface area contributed by atoms with Crippen molar-refractivity contribution in [1.29, 1.82) is 0 Å². The molecule has 0 bridgehead atoms. The monoisotopic (exact) mass is 805 g/mol. The summed E-state index contributed by atoms with van der Waals surface area (Å²) in [5.74, 6) is 1.91. The SMILES string of the molecule is c1ccc(-c2ccccc2-c2nc(-c3cccc(-c4cccc5c4sc4ccccc45)c3)nc(-c3ccc4c(c3)-c3ccccc3C43c4ccccc4-c4ccccc43)n2)cc1. The molecule has 0 fully saturated rings. The molecule has 0 atom stereocenters. The van der Waals surface area contributed by atoms with Crippen molar-refractivity contribution in [2.75, 3.05) is 0 Å². The molecule has 0 N–H and O–H groups in total. The molecule has 1 spiro atoms. The minimum Gasteiger partial charge on any atom is -0.208 e. The highest BCUT2D eigenvalue weighted by Crippen LogP contribution is 2.63. The summed E-state index contributed by atoms with van der Waals surface area (Å²) < 4.78 is 2.57. The van der Waals surface area contributed by atoms with Crippen LogP contribution in [0.15, 0.2) is 212 Å². The van der Waals surface area contributed by atoms with Gasteiger partial charge in [-0.3, -0.25) is 0 Å². The molecule has 11 aromatic rings. The Labute approximate surface area is 363 Å². The van der Waals surface area contributed by atoms with E-state index < -0.39 is 5.41 Å². The molecule has 2 aliphatic rings. The van der Waals surface area contributed by atoms with Gasteiger partial charge >= 0.3 is 0 Å². The summed E-state index contributed by atoms with van der Waals surface area (Å²) in [7, 11) is 0. The molecule has 0 aliphatic heterocycles. The van der Waals surface area contributed by atoms with Gasteiger partial charge in [0.05, 0.1) is 5.41 Å². The van der Waals surface area contributed by atoms with Crippen molar-refractivity contribution in [3.63, 3.8) is 0 Å². The van der Waals surface area contributed by atoms with Gasteiger partial charge in [-0.05, 0) is 85.0 Å². The van der Waals surface area contributed by atoms with Crippen molar-refractivity contribution in [1.82, 2.24) is 15.0 Å². The van der Waals surface area contributed by atoms with E-state index in [-0.39, 0.29) is 0 Å². The van der Waals surface area contributed by atoms with Crippen LogP contribution in [-0.2, 0) is 5.41 Å². The van der Waals surface area contributed by atoms with Crippen LogP contribution in [-0.4, -0.2) is 15.0 Å². The number of hydrogen-bond donors (Lipinski definition) is 0. The highest BCUT2D eigenvalue weighted by Gasteiger charge is 2.51. The number of nitrogens with zero attached hydrogens (tertiary/aromatic N) is 3. The largest absolute Gasteiger partial charge is 0.208 e. The molecule has 0 amide bonds. The predicted octanol–water partition coefficient (Wildman–Crippen LogP) is 14.9. The fourth-order valence-corrected chi connectivity index (χ4v) is 11.6. The topological polar surface area (TPSA) is 38.7 Å². The van der Waals surface area contributed by atoms with E-state index in [4.69, 9.17) is 15.0 Å². The van der Waals surface area contributed by atoms with Crippen LogP contribution in [0.25, 0.3) is 98.8 Å². The summed E-state index contributed by atoms with van der Waals surface area (Å²) in [4.78, 5) is 16.0. The molecule has 2 heterocycles. The van der Waals surface area contributed by atoms with Crippen LogP contribution in [0.3, 0.4) is 0 Å². The number of rotatable bonds is 5. The van der Waals surface area contributed by atoms with Crippen LogP contribution in [0.1, 0.15) is 22.3 Å². The van der Waals surface area contributed by atoms with E-state index in [1.807, 2.05) is 11.3 Å². The number of fused-ring (bicyclic) bond motifs is 13. The third-order valence-electron chi connectivity index (χ3n) is 13.0. The predicted molar refractivity (Wildman–Crippen MR) is 256 cm³/mol. The molecular weight excluding hydrogens is 771 g/mol. The maximum absolute atomic E-state index is 5.36. The van der Waals surface area contributed by atoms with Crippen molar-refractivity contribution >= 4 is 31.5 Å². The van der Waals surface area contributed by atoms with E-state index in [9.17, 15) is 0 Å². The third kappa shape index (κ3) is 5.08. The lowest BCUT2D eigenvalue weighted by Gasteiger charge is -2.30. The first-order chi connectivity index (χ1) is 30.7. The molecule has 0 unspecified atom stereocenters. The summed E-state index contributed by atoms with van der Waals surface area (Å²) in [5.41, 5.74) is 17.2. The van der Waals surface area contributed by atoms with Crippen LogP contribution in [0.2, 0.25) is 0 Å². The standard InChI is InChI=1S/C58H35N3S/c1-2-16-36(17-3-1)40-20-4-5-25-47(40)57-60-55(38-19-14-18-37(34-38)41-26-15-27-46-45-24-9-13-31-53(45)62-54(41)46)59-56(61-57)39-32-33-52-48(35-39)44-23-8-12-30-51(44)58(52)49-28-10-6-21-42(49)43-22-7-11-29-50(43)58/h1-35H. The van der Waals surface area contributed by atoms with Crippen LogP contribution in [0, 0.1) is 0 Å². The maximum atomic E-state index is 5.36. The van der Waals surface area contributed by atoms with Gasteiger partial charge in [0.25, 0.3) is 0 Å². The fraction of sp³-hybridized carbons (Fsp3) is 0.0172. The Bertz CT molecular complexity index is 3560. The molecule has 3 nitrogen and oxygen atoms in total. The lowest BCUT2D eigenvalue weighted by atomic mass is 9.70. The van der Waals surface area contributed by atoms with Gasteiger partial charge in [0.1, 0.15) is 0 Å². The van der Waals surface area contributed by atoms with E-state index in [0.29, 0.717) is 17.5 Å². The Hall–Kier alpha value is -7.79. The van der Waals surface area contributed by atoms with Gasteiger partial charge in [-0.25, -0.2) is 15.0 Å². The van der Waals surface area contributed by atoms with Gasteiger partial charge < -0.3 is 0 Å². The normalized spacial score (nSPS) is 13.0. The molecule has 0 radical (unpaired) electrons.